The van der Waals surface area contributed by atoms with Crippen LogP contribution in [0.3, 0.4) is 0 Å². The average Bonchev–Trinajstić information content (AvgIpc) is 3.95. The van der Waals surface area contributed by atoms with Gasteiger partial charge in [0.2, 0.25) is 10.2 Å². The fourth-order valence-electron chi connectivity index (χ4n) is 13.6. The van der Waals surface area contributed by atoms with Gasteiger partial charge in [0.15, 0.2) is 11.6 Å². The zero-order valence-electron chi connectivity index (χ0n) is 42.8. The third-order valence-corrected chi connectivity index (χ3v) is 19.4. The van der Waals surface area contributed by atoms with E-state index in [2.05, 4.69) is 52.2 Å². The molecule has 0 radical (unpaired) electrons. The van der Waals surface area contributed by atoms with E-state index in [0.717, 1.165) is 39.5 Å². The largest absolute Gasteiger partial charge is 0.390 e. The minimum Gasteiger partial charge on any atom is -0.390 e. The van der Waals surface area contributed by atoms with Crippen molar-refractivity contribution in [1.82, 2.24) is 10.6 Å². The number of fused-ring (bicyclic) bond motifs is 4. The van der Waals surface area contributed by atoms with Gasteiger partial charge in [0.25, 0.3) is 0 Å². The fourth-order valence-corrected chi connectivity index (χ4v) is 17.0. The summed E-state index contributed by atoms with van der Waals surface area (Å²) in [5.74, 6) is -2.45. The summed E-state index contributed by atoms with van der Waals surface area (Å²) < 4.78 is 30.7. The lowest BCUT2D eigenvalue weighted by Crippen LogP contribution is -2.48. The molecule has 2 spiro atoms. The summed E-state index contributed by atoms with van der Waals surface area (Å²) in [6.07, 6.45) is 4.02. The molecule has 0 bridgehead atoms. The van der Waals surface area contributed by atoms with Crippen LogP contribution < -0.4 is 10.6 Å². The first-order valence-corrected chi connectivity index (χ1v) is 28.5. The summed E-state index contributed by atoms with van der Waals surface area (Å²) in [5, 5.41) is 28.3. The van der Waals surface area contributed by atoms with E-state index in [0.29, 0.717) is 65.4 Å². The van der Waals surface area contributed by atoms with Crippen LogP contribution in [0.1, 0.15) is 141 Å². The fraction of sp³-hybridized carbons (Fsp3) is 0.517. The third-order valence-electron chi connectivity index (χ3n) is 16.2. The quantitative estimate of drug-likeness (QED) is 0.122. The predicted molar refractivity (Wildman–Crippen MR) is 292 cm³/mol. The van der Waals surface area contributed by atoms with E-state index in [1.165, 1.54) is 18.2 Å². The molecule has 10 rings (SSSR count). The van der Waals surface area contributed by atoms with Gasteiger partial charge in [-0.3, -0.25) is 19.2 Å². The van der Waals surface area contributed by atoms with Crippen LogP contribution >= 0.6 is 69.9 Å². The number of carbonyl (C=O) groups excluding carboxylic acids is 4. The number of rotatable bonds is 10. The van der Waals surface area contributed by atoms with Crippen molar-refractivity contribution in [3.63, 3.8) is 0 Å². The predicted octanol–water partition coefficient (Wildman–Crippen LogP) is 13.4. The monoisotopic (exact) mass is 1130 g/mol. The molecule has 2 saturated heterocycles. The van der Waals surface area contributed by atoms with Gasteiger partial charge in [-0.15, -0.1) is 0 Å². The Kier molecular flexibility index (Phi) is 15.2. The molecular formula is C58H64Cl4F2N2O6S2. The van der Waals surface area contributed by atoms with E-state index in [1.807, 2.05) is 24.3 Å². The second-order valence-corrected chi connectivity index (χ2v) is 28.6. The molecule has 0 unspecified atom stereocenters. The lowest BCUT2D eigenvalue weighted by molar-refractivity contribution is -0.127. The first kappa shape index (κ1) is 55.9. The molecule has 6 aliphatic rings. The first-order valence-electron chi connectivity index (χ1n) is 25.4. The van der Waals surface area contributed by atoms with Crippen molar-refractivity contribution < 1.29 is 38.2 Å². The van der Waals surface area contributed by atoms with Crippen molar-refractivity contribution in [2.24, 2.45) is 22.7 Å². The van der Waals surface area contributed by atoms with E-state index in [9.17, 15) is 33.8 Å². The van der Waals surface area contributed by atoms with Gasteiger partial charge >= 0.3 is 0 Å². The zero-order chi connectivity index (χ0) is 53.8. The highest BCUT2D eigenvalue weighted by Crippen LogP contribution is 2.63. The Morgan fingerprint density at radius 1 is 0.635 bits per heavy atom. The SMILES string of the molecule is CC(C)(C)C[C@H]1N[C@@H](C(=O)CC2CC(C)(O)C2)[C@H](c2cccc(Cl)c2)[C@@]12C(=O)Sc1cc(Cl)c(F)cc12.CC(C)(C)C[C@H]1N[C@@H](C(=O)CC2CC(C)(O)C2)[C@H](c2cccc(Cl)c2F)[C@@]12C(=O)Sc1cc(Cl)ccc12. The molecule has 4 fully saturated rings. The zero-order valence-corrected chi connectivity index (χ0v) is 47.5. The maximum atomic E-state index is 15.8. The number of Topliss-reactive ketones (excluding diaryl/α,β-unsaturated/α-hetero) is 2. The number of carbonyl (C=O) groups is 4. The van der Waals surface area contributed by atoms with Crippen LogP contribution in [0.2, 0.25) is 20.1 Å². The summed E-state index contributed by atoms with van der Waals surface area (Å²) in [4.78, 5) is 57.6. The number of ketones is 2. The maximum Gasteiger partial charge on any atom is 0.206 e. The van der Waals surface area contributed by atoms with Gasteiger partial charge in [0.05, 0.1) is 44.2 Å². The van der Waals surface area contributed by atoms with E-state index in [4.69, 9.17) is 46.4 Å². The van der Waals surface area contributed by atoms with E-state index >= 15 is 4.39 Å². The number of halogens is 6. The molecule has 0 aromatic heterocycles. The van der Waals surface area contributed by atoms with E-state index in [1.54, 1.807) is 44.2 Å². The normalized spacial score (nSPS) is 33.0. The molecule has 4 heterocycles. The second-order valence-electron chi connectivity index (χ2n) is 24.9. The van der Waals surface area contributed by atoms with Gasteiger partial charge in [-0.25, -0.2) is 8.78 Å². The van der Waals surface area contributed by atoms with Crippen molar-refractivity contribution in [2.75, 3.05) is 0 Å². The van der Waals surface area contributed by atoms with Gasteiger partial charge in [0, 0.05) is 56.6 Å². The molecule has 8 nitrogen and oxygen atoms in total. The highest BCUT2D eigenvalue weighted by atomic mass is 35.5. The maximum absolute atomic E-state index is 15.8. The van der Waals surface area contributed by atoms with Crippen LogP contribution in [0, 0.1) is 34.3 Å². The molecule has 0 amide bonds. The average molecular weight is 1130 g/mol. The third kappa shape index (κ3) is 10.3. The summed E-state index contributed by atoms with van der Waals surface area (Å²) in [5.41, 5.74) is -1.77. The molecule has 4 aromatic carbocycles. The highest BCUT2D eigenvalue weighted by molar-refractivity contribution is 8.14. The van der Waals surface area contributed by atoms with Crippen molar-refractivity contribution in [3.8, 4) is 0 Å². The number of hydrogen-bond donors (Lipinski definition) is 4. The van der Waals surface area contributed by atoms with E-state index < -0.39 is 69.7 Å². The molecule has 74 heavy (non-hydrogen) atoms. The van der Waals surface area contributed by atoms with Crippen molar-refractivity contribution in [2.45, 2.75) is 175 Å². The van der Waals surface area contributed by atoms with Crippen LogP contribution in [-0.4, -0.2) is 67.4 Å². The molecule has 2 aliphatic carbocycles. The van der Waals surface area contributed by atoms with Crippen molar-refractivity contribution in [1.29, 1.82) is 0 Å². The standard InChI is InChI=1S/2C29H32Cl2FNO3S/c1-27(2,3)14-23-29(18-10-20(32)19(31)11-22(18)37-26(29)35)24(16-6-5-7-17(30)9-16)25(33-23)21(34)8-15-12-28(4,36)13-15;1-27(2,3)14-22-29(18-9-8-16(30)11-21(18)37-26(29)35)23(17-6-5-7-19(31)24(17)32)25(33-22)20(34)10-15-12-28(4,36)13-15/h5-7,9-11,15,23-25,33,36H,8,12-14H2,1-4H3;5-9,11,15,22-23,25,33,36H,10,12-14H2,1-4H3/t15?,23-,24+,25+,28?,29+;15?,22-,23+,25+,28?,29+/m11/s1. The molecule has 16 heteroatoms. The number of nitrogens with one attached hydrogen (secondary N) is 2. The van der Waals surface area contributed by atoms with Gasteiger partial charge < -0.3 is 20.8 Å². The molecule has 4 aromatic rings. The van der Waals surface area contributed by atoms with Gasteiger partial charge in [0.1, 0.15) is 11.6 Å². The minimum atomic E-state index is -1.17. The number of aliphatic hydroxyl groups is 2. The smallest absolute Gasteiger partial charge is 0.206 e. The summed E-state index contributed by atoms with van der Waals surface area (Å²) in [6.45, 7) is 16.1. The van der Waals surface area contributed by atoms with E-state index in [-0.39, 0.29) is 66.5 Å². The Balaban J connectivity index is 0.000000182. The summed E-state index contributed by atoms with van der Waals surface area (Å²) >= 11 is 27.3. The van der Waals surface area contributed by atoms with Crippen molar-refractivity contribution >= 4 is 91.7 Å². The lowest BCUT2D eigenvalue weighted by Gasteiger charge is -2.41. The van der Waals surface area contributed by atoms with Crippen molar-refractivity contribution in [3.05, 3.63) is 127 Å². The minimum absolute atomic E-state index is 0.00180. The van der Waals surface area contributed by atoms with Crippen LogP contribution in [0.5, 0.6) is 0 Å². The number of benzene rings is 4. The van der Waals surface area contributed by atoms with Crippen LogP contribution in [-0.2, 0) is 30.0 Å². The first-order chi connectivity index (χ1) is 34.4. The Labute approximate surface area is 461 Å². The molecule has 4 aliphatic heterocycles. The van der Waals surface area contributed by atoms with Crippen LogP contribution in [0.4, 0.5) is 8.78 Å². The second kappa shape index (κ2) is 20.1. The van der Waals surface area contributed by atoms with Crippen LogP contribution in [0.25, 0.3) is 0 Å². The Hall–Kier alpha value is -2.88. The highest BCUT2D eigenvalue weighted by Gasteiger charge is 2.68. The molecular weight excluding hydrogens is 1060 g/mol. The molecule has 396 valence electrons. The van der Waals surface area contributed by atoms with Gasteiger partial charge in [-0.05, 0) is 140 Å². The lowest BCUT2D eigenvalue weighted by atomic mass is 9.62. The molecule has 2 saturated carbocycles. The Morgan fingerprint density at radius 3 is 1.64 bits per heavy atom. The number of hydrogen-bond acceptors (Lipinski definition) is 10. The Morgan fingerprint density at radius 2 is 1.12 bits per heavy atom. The number of thioether (sulfide) groups is 2. The topological polar surface area (TPSA) is 133 Å². The summed E-state index contributed by atoms with van der Waals surface area (Å²) in [6, 6.07) is 18.2. The van der Waals surface area contributed by atoms with Gasteiger partial charge in [-0.2, -0.15) is 0 Å². The summed E-state index contributed by atoms with van der Waals surface area (Å²) in [7, 11) is 0. The van der Waals surface area contributed by atoms with Gasteiger partial charge in [-0.1, -0.05) is 142 Å². The van der Waals surface area contributed by atoms with Crippen LogP contribution in [0.15, 0.2) is 82.6 Å². The molecule has 4 N–H and O–H groups in total. The molecule has 8 atom stereocenters. The Bertz CT molecular complexity index is 2930.